The summed E-state index contributed by atoms with van der Waals surface area (Å²) < 4.78 is 0. The zero-order valence-electron chi connectivity index (χ0n) is 12.3. The third-order valence-electron chi connectivity index (χ3n) is 5.26. The van der Waals surface area contributed by atoms with Crippen LogP contribution in [-0.4, -0.2) is 43.7 Å². The van der Waals surface area contributed by atoms with Gasteiger partial charge in [0.15, 0.2) is 0 Å². The van der Waals surface area contributed by atoms with Gasteiger partial charge in [-0.3, -0.25) is 4.90 Å². The lowest BCUT2D eigenvalue weighted by atomic mass is 9.98. The minimum absolute atomic E-state index is 0.801. The highest BCUT2D eigenvalue weighted by Gasteiger charge is 2.29. The van der Waals surface area contributed by atoms with Gasteiger partial charge in [0, 0.05) is 37.9 Å². The van der Waals surface area contributed by atoms with Crippen LogP contribution in [0.3, 0.4) is 0 Å². The van der Waals surface area contributed by atoms with E-state index >= 15 is 0 Å². The minimum atomic E-state index is 0.801. The second-order valence-electron chi connectivity index (χ2n) is 6.47. The van der Waals surface area contributed by atoms with Crippen LogP contribution in [0.25, 0.3) is 0 Å². The topological polar surface area (TPSA) is 18.5 Å². The van der Waals surface area contributed by atoms with Gasteiger partial charge in [0.25, 0.3) is 0 Å². The Balaban J connectivity index is 1.63. The molecule has 2 fully saturated rings. The quantitative estimate of drug-likeness (QED) is 0.843. The lowest BCUT2D eigenvalue weighted by Gasteiger charge is -2.31. The number of rotatable bonds is 1. The Morgan fingerprint density at radius 3 is 3.05 bits per heavy atom. The van der Waals surface area contributed by atoms with Gasteiger partial charge >= 0.3 is 0 Å². The van der Waals surface area contributed by atoms with Crippen molar-refractivity contribution in [3.8, 4) is 0 Å². The molecule has 0 radical (unpaired) electrons. The van der Waals surface area contributed by atoms with Gasteiger partial charge in [-0.25, -0.2) is 0 Å². The fourth-order valence-corrected chi connectivity index (χ4v) is 4.23. The zero-order chi connectivity index (χ0) is 13.4. The van der Waals surface area contributed by atoms with Crippen molar-refractivity contribution in [2.24, 2.45) is 0 Å². The van der Waals surface area contributed by atoms with Crippen molar-refractivity contribution in [2.75, 3.05) is 37.6 Å². The molecule has 1 atom stereocenters. The summed E-state index contributed by atoms with van der Waals surface area (Å²) in [6, 6.07) is 7.70. The van der Waals surface area contributed by atoms with E-state index in [9.17, 15) is 0 Å². The van der Waals surface area contributed by atoms with Gasteiger partial charge in [0.1, 0.15) is 0 Å². The fourth-order valence-electron chi connectivity index (χ4n) is 4.23. The summed E-state index contributed by atoms with van der Waals surface area (Å²) in [7, 11) is 0. The van der Waals surface area contributed by atoms with E-state index in [1.165, 1.54) is 63.1 Å². The number of fused-ring (bicyclic) bond motifs is 2. The summed E-state index contributed by atoms with van der Waals surface area (Å²) in [4.78, 5) is 5.40. The fraction of sp³-hybridized carbons (Fsp3) is 0.647. The van der Waals surface area contributed by atoms with Crippen molar-refractivity contribution in [3.05, 3.63) is 29.3 Å². The molecule has 3 aliphatic heterocycles. The van der Waals surface area contributed by atoms with Crippen LogP contribution < -0.4 is 10.2 Å². The van der Waals surface area contributed by atoms with Gasteiger partial charge in [-0.2, -0.15) is 0 Å². The number of hydrogen-bond donors (Lipinski definition) is 1. The van der Waals surface area contributed by atoms with Crippen molar-refractivity contribution in [1.29, 1.82) is 0 Å². The second kappa shape index (κ2) is 5.38. The Bertz CT molecular complexity index is 485. The maximum Gasteiger partial charge on any atom is 0.0403 e. The Labute approximate surface area is 121 Å². The molecule has 0 spiro atoms. The van der Waals surface area contributed by atoms with Crippen LogP contribution >= 0.6 is 0 Å². The third-order valence-corrected chi connectivity index (χ3v) is 5.26. The van der Waals surface area contributed by atoms with Crippen LogP contribution in [0.5, 0.6) is 0 Å². The number of nitrogens with one attached hydrogen (secondary N) is 1. The monoisotopic (exact) mass is 271 g/mol. The molecule has 1 aromatic carbocycles. The Hall–Kier alpha value is -1.06. The maximum absolute atomic E-state index is 3.49. The zero-order valence-corrected chi connectivity index (χ0v) is 12.3. The molecule has 0 aliphatic carbocycles. The van der Waals surface area contributed by atoms with Crippen LogP contribution in [-0.2, 0) is 13.0 Å². The molecular weight excluding hydrogens is 246 g/mol. The van der Waals surface area contributed by atoms with Crippen molar-refractivity contribution in [2.45, 2.75) is 38.3 Å². The molecule has 0 amide bonds. The molecule has 1 N–H and O–H groups in total. The van der Waals surface area contributed by atoms with Gasteiger partial charge in [-0.15, -0.1) is 0 Å². The van der Waals surface area contributed by atoms with Crippen molar-refractivity contribution < 1.29 is 0 Å². The molecule has 4 rings (SSSR count). The van der Waals surface area contributed by atoms with Crippen molar-refractivity contribution in [1.82, 2.24) is 10.2 Å². The largest absolute Gasteiger partial charge is 0.370 e. The molecule has 3 heteroatoms. The van der Waals surface area contributed by atoms with E-state index in [1.807, 2.05) is 0 Å². The predicted octanol–water partition coefficient (Wildman–Crippen LogP) is 2.01. The molecule has 1 unspecified atom stereocenters. The van der Waals surface area contributed by atoms with Crippen LogP contribution in [0.4, 0.5) is 5.69 Å². The van der Waals surface area contributed by atoms with Crippen LogP contribution in [0.2, 0.25) is 0 Å². The minimum Gasteiger partial charge on any atom is -0.370 e. The highest BCUT2D eigenvalue weighted by atomic mass is 15.3. The normalized spacial score (nSPS) is 27.0. The van der Waals surface area contributed by atoms with E-state index in [0.29, 0.717) is 0 Å². The third kappa shape index (κ3) is 2.23. The summed E-state index contributed by atoms with van der Waals surface area (Å²) in [6.07, 6.45) is 5.30. The highest BCUT2D eigenvalue weighted by molar-refractivity contribution is 5.58. The molecular formula is C17H25N3. The molecule has 3 heterocycles. The van der Waals surface area contributed by atoms with Crippen LogP contribution in [0.15, 0.2) is 18.2 Å². The first kappa shape index (κ1) is 12.7. The van der Waals surface area contributed by atoms with Crippen LogP contribution in [0, 0.1) is 0 Å². The van der Waals surface area contributed by atoms with Gasteiger partial charge < -0.3 is 10.2 Å². The predicted molar refractivity (Wildman–Crippen MR) is 83.3 cm³/mol. The summed E-state index contributed by atoms with van der Waals surface area (Å²) in [6.45, 7) is 7.29. The Morgan fingerprint density at radius 2 is 2.05 bits per heavy atom. The van der Waals surface area contributed by atoms with E-state index in [0.717, 1.165) is 19.1 Å². The summed E-state index contributed by atoms with van der Waals surface area (Å²) in [5, 5.41) is 3.49. The average molecular weight is 271 g/mol. The van der Waals surface area contributed by atoms with E-state index in [2.05, 4.69) is 33.3 Å². The Morgan fingerprint density at radius 1 is 1.10 bits per heavy atom. The molecule has 20 heavy (non-hydrogen) atoms. The van der Waals surface area contributed by atoms with Crippen LogP contribution in [0.1, 0.15) is 30.4 Å². The SMILES string of the molecule is c1cc2c(c(N3CCCN4CCCC4C3)c1)CCNC2. The molecule has 0 bridgehead atoms. The first-order valence-electron chi connectivity index (χ1n) is 8.22. The number of anilines is 1. The first-order valence-corrected chi connectivity index (χ1v) is 8.22. The summed E-state index contributed by atoms with van der Waals surface area (Å²) in [5.41, 5.74) is 4.65. The van der Waals surface area contributed by atoms with Crippen molar-refractivity contribution in [3.63, 3.8) is 0 Å². The standard InChI is InChI=1S/C17H25N3/c1-4-14-12-18-8-7-16(14)17(6-1)20-11-3-10-19-9-2-5-15(19)13-20/h1,4,6,15,18H,2-3,5,7-13H2. The molecule has 1 aromatic rings. The smallest absolute Gasteiger partial charge is 0.0403 e. The van der Waals surface area contributed by atoms with Crippen molar-refractivity contribution >= 4 is 5.69 Å². The molecule has 3 aliphatic rings. The second-order valence-corrected chi connectivity index (χ2v) is 6.47. The molecule has 2 saturated heterocycles. The first-order chi connectivity index (χ1) is 9.92. The highest BCUT2D eigenvalue weighted by Crippen LogP contribution is 2.30. The molecule has 0 saturated carbocycles. The number of benzene rings is 1. The molecule has 0 aromatic heterocycles. The average Bonchev–Trinajstić information content (AvgIpc) is 2.84. The van der Waals surface area contributed by atoms with E-state index in [4.69, 9.17) is 0 Å². The van der Waals surface area contributed by atoms with Gasteiger partial charge in [0.2, 0.25) is 0 Å². The summed E-state index contributed by atoms with van der Waals surface area (Å²) >= 11 is 0. The van der Waals surface area contributed by atoms with Gasteiger partial charge in [-0.1, -0.05) is 12.1 Å². The lowest BCUT2D eigenvalue weighted by molar-refractivity contribution is 0.273. The van der Waals surface area contributed by atoms with E-state index < -0.39 is 0 Å². The van der Waals surface area contributed by atoms with E-state index in [-0.39, 0.29) is 0 Å². The molecule has 108 valence electrons. The Kier molecular flexibility index (Phi) is 3.41. The lowest BCUT2D eigenvalue weighted by Crippen LogP contribution is -2.37. The molecule has 3 nitrogen and oxygen atoms in total. The summed E-state index contributed by atoms with van der Waals surface area (Å²) in [5.74, 6) is 0. The van der Waals surface area contributed by atoms with E-state index in [1.54, 1.807) is 5.56 Å². The van der Waals surface area contributed by atoms with Gasteiger partial charge in [-0.05, 0) is 56.0 Å². The maximum atomic E-state index is 3.49. The number of hydrogen-bond acceptors (Lipinski definition) is 3. The number of nitrogens with zero attached hydrogens (tertiary/aromatic N) is 2. The van der Waals surface area contributed by atoms with Gasteiger partial charge in [0.05, 0.1) is 0 Å².